The molecule has 1 amide bonds. The number of Topliss-reactive ketones (excluding diaryl/α,β-unsaturated/α-hetero) is 1. The lowest BCUT2D eigenvalue weighted by molar-refractivity contribution is -0.186. The van der Waals surface area contributed by atoms with Crippen LogP contribution >= 0.6 is 22.7 Å². The predicted molar refractivity (Wildman–Crippen MR) is 264 cm³/mol. The van der Waals surface area contributed by atoms with Gasteiger partial charge in [0.15, 0.2) is 5.78 Å². The fraction of sp³-hybridized carbons (Fsp3) is 0.111. The van der Waals surface area contributed by atoms with Gasteiger partial charge in [-0.15, -0.1) is 22.7 Å². The third kappa shape index (κ3) is 9.86. The maximum absolute atomic E-state index is 15.1. The average molecular weight is 929 g/mol. The average Bonchev–Trinajstić information content (AvgIpc) is 3.95. The van der Waals surface area contributed by atoms with Gasteiger partial charge in [0.25, 0.3) is 5.91 Å². The minimum Gasteiger partial charge on any atom is -0.487 e. The van der Waals surface area contributed by atoms with Gasteiger partial charge in [0.1, 0.15) is 23.9 Å². The zero-order valence-corrected chi connectivity index (χ0v) is 38.3. The van der Waals surface area contributed by atoms with E-state index in [4.69, 9.17) is 14.2 Å². The molecule has 12 heteroatoms. The Hall–Kier alpha value is -7.25. The molecule has 0 saturated heterocycles. The van der Waals surface area contributed by atoms with Crippen LogP contribution < -0.4 is 18.5 Å². The number of carbonyl (C=O) groups excluding carboxylic acids is 2. The van der Waals surface area contributed by atoms with Crippen LogP contribution in [0.5, 0.6) is 17.2 Å². The second kappa shape index (κ2) is 19.5. The lowest BCUT2D eigenvalue weighted by Gasteiger charge is -2.40. The first-order chi connectivity index (χ1) is 32.1. The van der Waals surface area contributed by atoms with E-state index in [0.29, 0.717) is 22.6 Å². The van der Waals surface area contributed by atoms with E-state index in [-0.39, 0.29) is 35.9 Å². The Kier molecular flexibility index (Phi) is 13.0. The number of anilines is 1. The zero-order valence-electron chi connectivity index (χ0n) is 35.9. The Morgan fingerprint density at radius 2 is 1.06 bits per heavy atom. The van der Waals surface area contributed by atoms with Crippen LogP contribution in [0.15, 0.2) is 199 Å². The molecule has 0 spiro atoms. The van der Waals surface area contributed by atoms with E-state index < -0.39 is 34.2 Å². The molecule has 9 nitrogen and oxygen atoms in total. The highest BCUT2D eigenvalue weighted by Gasteiger charge is 2.43. The molecule has 0 bridgehead atoms. The summed E-state index contributed by atoms with van der Waals surface area (Å²) in [4.78, 5) is 31.4. The number of nitrogens with zero attached hydrogens (tertiary/aromatic N) is 2. The monoisotopic (exact) mass is 928 g/mol. The van der Waals surface area contributed by atoms with E-state index in [1.165, 1.54) is 37.9 Å². The second-order valence-electron chi connectivity index (χ2n) is 15.7. The Morgan fingerprint density at radius 3 is 1.64 bits per heavy atom. The summed E-state index contributed by atoms with van der Waals surface area (Å²) in [5.41, 5.74) is 2.81. The molecule has 330 valence electrons. The van der Waals surface area contributed by atoms with Crippen molar-refractivity contribution in [2.24, 2.45) is 0 Å². The first kappa shape index (κ1) is 44.0. The number of benzene rings is 7. The number of carbonyl (C=O) groups is 2. The minimum absolute atomic E-state index is 0.0447. The fourth-order valence-electron chi connectivity index (χ4n) is 7.66. The van der Waals surface area contributed by atoms with Crippen molar-refractivity contribution in [2.45, 2.75) is 31.7 Å². The van der Waals surface area contributed by atoms with Gasteiger partial charge in [-0.1, -0.05) is 133 Å². The molecule has 7 aromatic carbocycles. The van der Waals surface area contributed by atoms with Gasteiger partial charge in [-0.3, -0.25) is 18.8 Å². The molecule has 0 fully saturated rings. The highest BCUT2D eigenvalue weighted by molar-refractivity contribution is 7.92. The number of amides is 1. The van der Waals surface area contributed by atoms with E-state index in [0.717, 1.165) is 31.3 Å². The van der Waals surface area contributed by atoms with Gasteiger partial charge in [0.05, 0.1) is 24.5 Å². The summed E-state index contributed by atoms with van der Waals surface area (Å²) in [6.07, 6.45) is 0. The molecule has 0 atom stereocenters. The summed E-state index contributed by atoms with van der Waals surface area (Å²) < 4.78 is 52.9. The Labute approximate surface area is 391 Å². The predicted octanol–water partition coefficient (Wildman–Crippen LogP) is 12.4. The Morgan fingerprint density at radius 1 is 0.561 bits per heavy atom. The highest BCUT2D eigenvalue weighted by Crippen LogP contribution is 2.40. The van der Waals surface area contributed by atoms with Gasteiger partial charge in [0, 0.05) is 49.0 Å². The van der Waals surface area contributed by atoms with Crippen molar-refractivity contribution in [3.8, 4) is 17.2 Å². The molecule has 0 aliphatic heterocycles. The van der Waals surface area contributed by atoms with Crippen LogP contribution in [0.1, 0.15) is 44.3 Å². The van der Waals surface area contributed by atoms with Gasteiger partial charge in [-0.2, -0.15) is 0 Å². The first-order valence-electron chi connectivity index (χ1n) is 21.2. The van der Waals surface area contributed by atoms with Crippen LogP contribution in [0.25, 0.3) is 20.2 Å². The number of hydrogen-bond acceptors (Lipinski definition) is 9. The van der Waals surface area contributed by atoms with E-state index in [2.05, 4.69) is 0 Å². The summed E-state index contributed by atoms with van der Waals surface area (Å²) in [5.74, 6) is -2.04. The van der Waals surface area contributed by atoms with Gasteiger partial charge >= 0.3 is 5.91 Å². The lowest BCUT2D eigenvalue weighted by Crippen LogP contribution is -2.59. The number of fused-ring (bicyclic) bond motifs is 2. The summed E-state index contributed by atoms with van der Waals surface area (Å²) in [5, 5.41) is 5.36. The number of sulfonamides is 1. The van der Waals surface area contributed by atoms with Gasteiger partial charge in [-0.05, 0) is 71.3 Å². The maximum atomic E-state index is 15.1. The normalized spacial score (nSPS) is 11.6. The van der Waals surface area contributed by atoms with Crippen molar-refractivity contribution in [2.75, 3.05) is 10.8 Å². The standard InChI is InChI=1S/C54H44N2O7S3/c1-54(62-49-36-64-51-28-16-14-26-44(49)51,63-50-37-65-52-29-17-15-27-45(50)52)55(53(58)42-24-12-5-13-25-42)34-47(57)43-30-31-48(61-35-40-20-8-3-9-21-40)46(32-43)56(33-39-18-6-2-7-19-39)66(59,60)38-41-22-10-4-11-23-41/h2-32,36-37H,33-35,38H2,1H3. The van der Waals surface area contributed by atoms with Crippen LogP contribution in [0.2, 0.25) is 0 Å². The largest absolute Gasteiger partial charge is 0.487 e. The molecule has 9 aromatic rings. The number of rotatable bonds is 18. The fourth-order valence-corrected chi connectivity index (χ4v) is 10.9. The third-order valence-electron chi connectivity index (χ3n) is 11.0. The molecule has 0 radical (unpaired) electrons. The number of hydrogen-bond donors (Lipinski definition) is 0. The Balaban J connectivity index is 1.15. The zero-order chi connectivity index (χ0) is 45.5. The van der Waals surface area contributed by atoms with Gasteiger partial charge in [-0.25, -0.2) is 8.42 Å². The molecular weight excluding hydrogens is 885 g/mol. The van der Waals surface area contributed by atoms with Crippen molar-refractivity contribution in [1.82, 2.24) is 4.90 Å². The van der Waals surface area contributed by atoms with Crippen LogP contribution in [-0.4, -0.2) is 37.5 Å². The smallest absolute Gasteiger partial charge is 0.338 e. The second-order valence-corrected chi connectivity index (χ2v) is 19.4. The van der Waals surface area contributed by atoms with E-state index in [1.54, 1.807) is 67.6 Å². The third-order valence-corrected chi connectivity index (χ3v) is 14.6. The topological polar surface area (TPSA) is 102 Å². The number of ether oxygens (including phenoxy) is 3. The molecule has 0 aliphatic carbocycles. The SMILES string of the molecule is CC(Oc1csc2ccccc12)(Oc1csc2ccccc12)N(CC(=O)c1ccc(OCc2ccccc2)c(N(Cc2ccccc2)S(=O)(=O)Cc2ccccc2)c1)C(=O)c1ccccc1. The maximum Gasteiger partial charge on any atom is 0.338 e. The van der Waals surface area contributed by atoms with Crippen molar-refractivity contribution in [3.05, 3.63) is 227 Å². The summed E-state index contributed by atoms with van der Waals surface area (Å²) in [6.45, 7) is 1.22. The van der Waals surface area contributed by atoms with E-state index in [9.17, 15) is 8.42 Å². The molecule has 0 aliphatic rings. The van der Waals surface area contributed by atoms with Crippen molar-refractivity contribution in [3.63, 3.8) is 0 Å². The first-order valence-corrected chi connectivity index (χ1v) is 24.6. The van der Waals surface area contributed by atoms with Crippen LogP contribution in [0.3, 0.4) is 0 Å². The lowest BCUT2D eigenvalue weighted by atomic mass is 10.1. The Bertz CT molecular complexity index is 3140. The van der Waals surface area contributed by atoms with Crippen LogP contribution in [-0.2, 0) is 28.9 Å². The summed E-state index contributed by atoms with van der Waals surface area (Å²) in [6, 6.07) is 56.8. The van der Waals surface area contributed by atoms with E-state index in [1.807, 2.05) is 132 Å². The molecule has 2 heterocycles. The molecule has 0 unspecified atom stereocenters. The number of thiophene rings is 2. The van der Waals surface area contributed by atoms with Crippen LogP contribution in [0.4, 0.5) is 5.69 Å². The van der Waals surface area contributed by atoms with E-state index >= 15 is 9.59 Å². The van der Waals surface area contributed by atoms with Gasteiger partial charge in [0.2, 0.25) is 10.0 Å². The molecule has 9 rings (SSSR count). The molecule has 0 N–H and O–H groups in total. The van der Waals surface area contributed by atoms with Crippen LogP contribution in [0, 0.1) is 0 Å². The quantitative estimate of drug-likeness (QED) is 0.0624. The highest BCUT2D eigenvalue weighted by atomic mass is 32.2. The molecule has 2 aromatic heterocycles. The summed E-state index contributed by atoms with van der Waals surface area (Å²) >= 11 is 2.98. The van der Waals surface area contributed by atoms with Crippen molar-refractivity contribution < 1.29 is 32.2 Å². The molecule has 66 heavy (non-hydrogen) atoms. The molecular formula is C54H44N2O7S3. The van der Waals surface area contributed by atoms with Gasteiger partial charge < -0.3 is 14.2 Å². The summed E-state index contributed by atoms with van der Waals surface area (Å²) in [7, 11) is -4.12. The van der Waals surface area contributed by atoms with Crippen molar-refractivity contribution >= 4 is 70.2 Å². The minimum atomic E-state index is -4.12. The molecule has 0 saturated carbocycles. The number of ketones is 1. The van der Waals surface area contributed by atoms with Crippen molar-refractivity contribution in [1.29, 1.82) is 0 Å².